The highest BCUT2D eigenvalue weighted by molar-refractivity contribution is 5.98. The molecular weight excluding hydrogens is 260 g/mol. The number of nitrogens with two attached hydrogens (primary N) is 1. The Hall–Kier alpha value is -2.83. The van der Waals surface area contributed by atoms with Gasteiger partial charge >= 0.3 is 0 Å². The monoisotopic (exact) mass is 274 g/mol. The topological polar surface area (TPSA) is 103 Å². The highest BCUT2D eigenvalue weighted by Crippen LogP contribution is 2.13. The van der Waals surface area contributed by atoms with Gasteiger partial charge < -0.3 is 20.4 Å². The number of ether oxygens (including phenoxy) is 2. The summed E-state index contributed by atoms with van der Waals surface area (Å²) >= 11 is 0. The van der Waals surface area contributed by atoms with Gasteiger partial charge in [0.2, 0.25) is 5.88 Å². The van der Waals surface area contributed by atoms with Crippen LogP contribution in [0.15, 0.2) is 47.8 Å². The molecule has 7 nitrogen and oxygen atoms in total. The highest BCUT2D eigenvalue weighted by atomic mass is 16.5. The summed E-state index contributed by atoms with van der Waals surface area (Å²) in [6.07, 6.45) is 1.43. The first-order valence-electron chi connectivity index (χ1n) is 5.91. The number of amidine groups is 1. The molecule has 2 aromatic rings. The van der Waals surface area contributed by atoms with Crippen molar-refractivity contribution in [2.45, 2.75) is 0 Å². The zero-order chi connectivity index (χ0) is 14.2. The predicted molar refractivity (Wildman–Crippen MR) is 72.0 cm³/mol. The average molecular weight is 274 g/mol. The molecule has 0 amide bonds. The van der Waals surface area contributed by atoms with Gasteiger partial charge in [-0.15, -0.1) is 5.10 Å². The van der Waals surface area contributed by atoms with Crippen LogP contribution in [-0.2, 0) is 0 Å². The van der Waals surface area contributed by atoms with E-state index in [4.69, 9.17) is 20.4 Å². The maximum absolute atomic E-state index is 8.67. The third-order valence-corrected chi connectivity index (χ3v) is 2.40. The van der Waals surface area contributed by atoms with Crippen molar-refractivity contribution in [3.05, 3.63) is 48.2 Å². The summed E-state index contributed by atoms with van der Waals surface area (Å²) in [4.78, 5) is 0. The van der Waals surface area contributed by atoms with Gasteiger partial charge in [0, 0.05) is 0 Å². The van der Waals surface area contributed by atoms with E-state index in [9.17, 15) is 0 Å². The Labute approximate surface area is 115 Å². The van der Waals surface area contributed by atoms with E-state index in [0.29, 0.717) is 12.2 Å². The highest BCUT2D eigenvalue weighted by Gasteiger charge is 2.09. The molecular formula is C13H14N4O3. The summed E-state index contributed by atoms with van der Waals surface area (Å²) in [6.45, 7) is 0.607. The third-order valence-electron chi connectivity index (χ3n) is 2.40. The van der Waals surface area contributed by atoms with Gasteiger partial charge in [-0.1, -0.05) is 23.4 Å². The van der Waals surface area contributed by atoms with Gasteiger partial charge in [-0.25, -0.2) is 0 Å². The van der Waals surface area contributed by atoms with Crippen LogP contribution >= 0.6 is 0 Å². The van der Waals surface area contributed by atoms with Crippen molar-refractivity contribution in [2.24, 2.45) is 10.9 Å². The standard InChI is InChI=1S/C13H14N4O3/c14-12(17-18)11-6-7-15-16-13(11)20-9-8-19-10-4-2-1-3-5-10/h1-7,18H,8-9H2,(H2,14,17). The lowest BCUT2D eigenvalue weighted by Crippen LogP contribution is -2.17. The first-order chi connectivity index (χ1) is 9.81. The zero-order valence-electron chi connectivity index (χ0n) is 10.6. The van der Waals surface area contributed by atoms with Gasteiger partial charge in [0.1, 0.15) is 19.0 Å². The van der Waals surface area contributed by atoms with Crippen LogP contribution in [-0.4, -0.2) is 34.5 Å². The molecule has 0 radical (unpaired) electrons. The third kappa shape index (κ3) is 3.58. The molecule has 0 aliphatic carbocycles. The van der Waals surface area contributed by atoms with Crippen LogP contribution in [0.5, 0.6) is 11.6 Å². The fourth-order valence-electron chi connectivity index (χ4n) is 1.49. The van der Waals surface area contributed by atoms with Gasteiger partial charge in [-0.05, 0) is 18.2 Å². The number of oxime groups is 1. The van der Waals surface area contributed by atoms with E-state index >= 15 is 0 Å². The minimum absolute atomic E-state index is 0.0844. The van der Waals surface area contributed by atoms with Crippen molar-refractivity contribution in [2.75, 3.05) is 13.2 Å². The van der Waals surface area contributed by atoms with E-state index in [1.54, 1.807) is 6.07 Å². The number of rotatable bonds is 6. The van der Waals surface area contributed by atoms with E-state index in [2.05, 4.69) is 15.4 Å². The number of para-hydroxylation sites is 1. The van der Waals surface area contributed by atoms with Gasteiger partial charge in [0.05, 0.1) is 11.8 Å². The Morgan fingerprint density at radius 3 is 2.65 bits per heavy atom. The molecule has 0 unspecified atom stereocenters. The van der Waals surface area contributed by atoms with Crippen LogP contribution in [0.3, 0.4) is 0 Å². The summed E-state index contributed by atoms with van der Waals surface area (Å²) in [5, 5.41) is 19.1. The molecule has 7 heteroatoms. The Morgan fingerprint density at radius 1 is 1.15 bits per heavy atom. The maximum atomic E-state index is 8.67. The van der Waals surface area contributed by atoms with E-state index in [1.807, 2.05) is 30.3 Å². The fourth-order valence-corrected chi connectivity index (χ4v) is 1.49. The Morgan fingerprint density at radius 2 is 1.90 bits per heavy atom. The number of aromatic nitrogens is 2. The zero-order valence-corrected chi connectivity index (χ0v) is 10.6. The van der Waals surface area contributed by atoms with Gasteiger partial charge in [-0.3, -0.25) is 0 Å². The quantitative estimate of drug-likeness (QED) is 0.268. The van der Waals surface area contributed by atoms with E-state index in [0.717, 1.165) is 5.75 Å². The SMILES string of the molecule is N/C(=N/O)c1ccnnc1OCCOc1ccccc1. The van der Waals surface area contributed by atoms with E-state index in [1.165, 1.54) is 6.20 Å². The number of nitrogens with zero attached hydrogens (tertiary/aromatic N) is 3. The van der Waals surface area contributed by atoms with Crippen LogP contribution < -0.4 is 15.2 Å². The number of hydrogen-bond acceptors (Lipinski definition) is 6. The van der Waals surface area contributed by atoms with Crippen molar-refractivity contribution in [1.82, 2.24) is 10.2 Å². The molecule has 0 aliphatic heterocycles. The van der Waals surface area contributed by atoms with Crippen molar-refractivity contribution in [1.29, 1.82) is 0 Å². The first kappa shape index (κ1) is 13.6. The fraction of sp³-hybridized carbons (Fsp3) is 0.154. The summed E-state index contributed by atoms with van der Waals surface area (Å²) in [5.74, 6) is 0.866. The molecule has 3 N–H and O–H groups in total. The van der Waals surface area contributed by atoms with Gasteiger partial charge in [-0.2, -0.15) is 5.10 Å². The largest absolute Gasteiger partial charge is 0.490 e. The number of hydrogen-bond donors (Lipinski definition) is 2. The molecule has 0 spiro atoms. The molecule has 1 aromatic heterocycles. The lowest BCUT2D eigenvalue weighted by Gasteiger charge is -2.09. The van der Waals surface area contributed by atoms with E-state index < -0.39 is 0 Å². The normalized spacial score (nSPS) is 11.1. The van der Waals surface area contributed by atoms with Crippen LogP contribution in [0.25, 0.3) is 0 Å². The molecule has 0 atom stereocenters. The molecule has 0 fully saturated rings. The molecule has 1 aromatic carbocycles. The first-order valence-corrected chi connectivity index (χ1v) is 5.91. The van der Waals surface area contributed by atoms with Crippen molar-refractivity contribution in [3.63, 3.8) is 0 Å². The average Bonchev–Trinajstić information content (AvgIpc) is 2.52. The molecule has 2 rings (SSSR count). The minimum Gasteiger partial charge on any atom is -0.490 e. The minimum atomic E-state index is -0.0844. The molecule has 0 saturated carbocycles. The summed E-state index contributed by atoms with van der Waals surface area (Å²) in [7, 11) is 0. The van der Waals surface area contributed by atoms with Crippen molar-refractivity contribution in [3.8, 4) is 11.6 Å². The Kier molecular flexibility index (Phi) is 4.71. The summed E-state index contributed by atoms with van der Waals surface area (Å²) in [6, 6.07) is 10.9. The second kappa shape index (κ2) is 6.93. The van der Waals surface area contributed by atoms with Crippen LogP contribution in [0.1, 0.15) is 5.56 Å². The molecule has 0 bridgehead atoms. The van der Waals surface area contributed by atoms with E-state index in [-0.39, 0.29) is 18.3 Å². The van der Waals surface area contributed by atoms with Crippen LogP contribution in [0.2, 0.25) is 0 Å². The summed E-state index contributed by atoms with van der Waals surface area (Å²) in [5.41, 5.74) is 5.89. The summed E-state index contributed by atoms with van der Waals surface area (Å²) < 4.78 is 10.9. The van der Waals surface area contributed by atoms with Gasteiger partial charge in [0.25, 0.3) is 0 Å². The molecule has 0 saturated heterocycles. The van der Waals surface area contributed by atoms with Crippen molar-refractivity contribution < 1.29 is 14.7 Å². The van der Waals surface area contributed by atoms with Gasteiger partial charge in [0.15, 0.2) is 5.84 Å². The molecule has 1 heterocycles. The second-order valence-corrected chi connectivity index (χ2v) is 3.75. The number of benzene rings is 1. The second-order valence-electron chi connectivity index (χ2n) is 3.75. The Bertz CT molecular complexity index is 575. The predicted octanol–water partition coefficient (Wildman–Crippen LogP) is 1.03. The smallest absolute Gasteiger partial charge is 0.244 e. The lowest BCUT2D eigenvalue weighted by atomic mass is 10.3. The van der Waals surface area contributed by atoms with Crippen molar-refractivity contribution >= 4 is 5.84 Å². The maximum Gasteiger partial charge on any atom is 0.244 e. The Balaban J connectivity index is 1.88. The molecule has 104 valence electrons. The lowest BCUT2D eigenvalue weighted by molar-refractivity contribution is 0.210. The molecule has 0 aliphatic rings. The van der Waals surface area contributed by atoms with Crippen LogP contribution in [0, 0.1) is 0 Å². The van der Waals surface area contributed by atoms with Crippen LogP contribution in [0.4, 0.5) is 0 Å². The molecule has 20 heavy (non-hydrogen) atoms.